The monoisotopic (exact) mass is 292 g/mol. The number of carbonyl (C=O) groups is 1. The Kier molecular flexibility index (Phi) is 3.62. The fourth-order valence-corrected chi connectivity index (χ4v) is 2.33. The molecule has 0 spiro atoms. The zero-order valence-electron chi connectivity index (χ0n) is 12.2. The van der Waals surface area contributed by atoms with Crippen molar-refractivity contribution in [2.24, 2.45) is 0 Å². The van der Waals surface area contributed by atoms with Crippen LogP contribution < -0.4 is 10.6 Å². The molecule has 0 unspecified atom stereocenters. The van der Waals surface area contributed by atoms with E-state index in [-0.39, 0.29) is 5.91 Å². The molecule has 5 heteroatoms. The molecule has 0 radical (unpaired) electrons. The number of aromatic amines is 1. The van der Waals surface area contributed by atoms with E-state index in [0.29, 0.717) is 5.69 Å². The zero-order valence-corrected chi connectivity index (χ0v) is 12.2. The molecule has 0 saturated carbocycles. The molecule has 0 atom stereocenters. The van der Waals surface area contributed by atoms with Gasteiger partial charge in [-0.1, -0.05) is 18.7 Å². The van der Waals surface area contributed by atoms with Crippen molar-refractivity contribution >= 4 is 28.2 Å². The van der Waals surface area contributed by atoms with Crippen LogP contribution in [-0.4, -0.2) is 23.2 Å². The number of nitrogens with one attached hydrogen (secondary N) is 3. The highest BCUT2D eigenvalue weighted by atomic mass is 16.1. The topological polar surface area (TPSA) is 69.8 Å². The van der Waals surface area contributed by atoms with Gasteiger partial charge in [-0.3, -0.25) is 9.89 Å². The highest BCUT2D eigenvalue weighted by Crippen LogP contribution is 2.29. The summed E-state index contributed by atoms with van der Waals surface area (Å²) in [7, 11) is 1.88. The van der Waals surface area contributed by atoms with Crippen molar-refractivity contribution in [3.63, 3.8) is 0 Å². The fourth-order valence-electron chi connectivity index (χ4n) is 2.33. The zero-order chi connectivity index (χ0) is 15.5. The first-order valence-corrected chi connectivity index (χ1v) is 6.91. The standard InChI is InChI=1S/C17H16N4O/c1-3-16(22)19-13-6-4-5-11(9-13)17-14-8-7-12(18-2)10-15(14)20-21-17/h3-10,18H,1H2,2H3,(H,19,22)(H,20,21). The van der Waals surface area contributed by atoms with Crippen molar-refractivity contribution in [3.8, 4) is 11.3 Å². The van der Waals surface area contributed by atoms with E-state index in [2.05, 4.69) is 27.4 Å². The van der Waals surface area contributed by atoms with Crippen LogP contribution in [0.2, 0.25) is 0 Å². The molecule has 5 nitrogen and oxygen atoms in total. The molecule has 3 aromatic rings. The van der Waals surface area contributed by atoms with Gasteiger partial charge in [-0.15, -0.1) is 0 Å². The van der Waals surface area contributed by atoms with E-state index in [1.807, 2.05) is 49.5 Å². The molecule has 0 bridgehead atoms. The smallest absolute Gasteiger partial charge is 0.247 e. The van der Waals surface area contributed by atoms with E-state index in [0.717, 1.165) is 27.8 Å². The van der Waals surface area contributed by atoms with Crippen molar-refractivity contribution in [2.45, 2.75) is 0 Å². The molecule has 1 heterocycles. The number of amides is 1. The molecule has 22 heavy (non-hydrogen) atoms. The number of anilines is 2. The molecule has 3 rings (SSSR count). The van der Waals surface area contributed by atoms with Gasteiger partial charge in [0.1, 0.15) is 0 Å². The van der Waals surface area contributed by atoms with Gasteiger partial charge in [0.05, 0.1) is 11.2 Å². The van der Waals surface area contributed by atoms with Crippen LogP contribution in [0.1, 0.15) is 0 Å². The third kappa shape index (κ3) is 2.56. The lowest BCUT2D eigenvalue weighted by atomic mass is 10.1. The second-order valence-electron chi connectivity index (χ2n) is 4.86. The second-order valence-corrected chi connectivity index (χ2v) is 4.86. The molecule has 1 aromatic heterocycles. The summed E-state index contributed by atoms with van der Waals surface area (Å²) in [5.41, 5.74) is 4.49. The molecular formula is C17H16N4O. The minimum absolute atomic E-state index is 0.234. The maximum Gasteiger partial charge on any atom is 0.247 e. The Morgan fingerprint density at radius 2 is 2.09 bits per heavy atom. The van der Waals surface area contributed by atoms with Crippen molar-refractivity contribution in [3.05, 3.63) is 55.1 Å². The first kappa shape index (κ1) is 13.9. The lowest BCUT2D eigenvalue weighted by Crippen LogP contribution is -2.06. The second kappa shape index (κ2) is 5.73. The molecule has 0 aliphatic rings. The van der Waals surface area contributed by atoms with Gasteiger partial charge in [0.25, 0.3) is 0 Å². The van der Waals surface area contributed by atoms with Crippen LogP contribution in [0.4, 0.5) is 11.4 Å². The van der Waals surface area contributed by atoms with Crippen molar-refractivity contribution in [2.75, 3.05) is 17.7 Å². The van der Waals surface area contributed by atoms with E-state index in [1.165, 1.54) is 6.08 Å². The van der Waals surface area contributed by atoms with Gasteiger partial charge in [0.2, 0.25) is 5.91 Å². The van der Waals surface area contributed by atoms with Gasteiger partial charge in [-0.2, -0.15) is 5.10 Å². The largest absolute Gasteiger partial charge is 0.388 e. The summed E-state index contributed by atoms with van der Waals surface area (Å²) in [5.74, 6) is -0.234. The summed E-state index contributed by atoms with van der Waals surface area (Å²) in [6.45, 7) is 3.45. The van der Waals surface area contributed by atoms with Crippen LogP contribution in [-0.2, 0) is 4.79 Å². The third-order valence-corrected chi connectivity index (χ3v) is 3.44. The van der Waals surface area contributed by atoms with Crippen LogP contribution >= 0.6 is 0 Å². The molecule has 1 amide bonds. The fraction of sp³-hybridized carbons (Fsp3) is 0.0588. The molecule has 3 N–H and O–H groups in total. The maximum absolute atomic E-state index is 11.4. The lowest BCUT2D eigenvalue weighted by Gasteiger charge is -2.05. The first-order chi connectivity index (χ1) is 10.7. The van der Waals surface area contributed by atoms with Gasteiger partial charge >= 0.3 is 0 Å². The van der Waals surface area contributed by atoms with Crippen molar-refractivity contribution < 1.29 is 4.79 Å². The number of fused-ring (bicyclic) bond motifs is 1. The molecule has 0 aliphatic heterocycles. The van der Waals surface area contributed by atoms with Crippen molar-refractivity contribution in [1.82, 2.24) is 10.2 Å². The lowest BCUT2D eigenvalue weighted by molar-refractivity contribution is -0.111. The normalized spacial score (nSPS) is 10.4. The predicted octanol–water partition coefficient (Wildman–Crippen LogP) is 3.40. The van der Waals surface area contributed by atoms with Crippen LogP contribution in [0.15, 0.2) is 55.1 Å². The summed E-state index contributed by atoms with van der Waals surface area (Å²) in [4.78, 5) is 11.4. The Morgan fingerprint density at radius 1 is 1.23 bits per heavy atom. The Bertz CT molecular complexity index is 851. The number of aromatic nitrogens is 2. The summed E-state index contributed by atoms with van der Waals surface area (Å²) in [6.07, 6.45) is 1.25. The van der Waals surface area contributed by atoms with Crippen LogP contribution in [0.5, 0.6) is 0 Å². The molecule has 0 saturated heterocycles. The number of hydrogen-bond donors (Lipinski definition) is 3. The number of hydrogen-bond acceptors (Lipinski definition) is 3. The van der Waals surface area contributed by atoms with Gasteiger partial charge in [0, 0.05) is 29.4 Å². The minimum atomic E-state index is -0.234. The minimum Gasteiger partial charge on any atom is -0.388 e. The Labute approximate surface area is 128 Å². The molecule has 0 fully saturated rings. The number of rotatable bonds is 4. The van der Waals surface area contributed by atoms with E-state index in [4.69, 9.17) is 0 Å². The highest BCUT2D eigenvalue weighted by Gasteiger charge is 2.09. The van der Waals surface area contributed by atoms with Gasteiger partial charge in [-0.25, -0.2) is 0 Å². The number of benzene rings is 2. The summed E-state index contributed by atoms with van der Waals surface area (Å²) in [5, 5.41) is 14.3. The molecule has 0 aliphatic carbocycles. The Balaban J connectivity index is 2.02. The molecule has 2 aromatic carbocycles. The number of H-pyrrole nitrogens is 1. The Morgan fingerprint density at radius 3 is 2.86 bits per heavy atom. The van der Waals surface area contributed by atoms with E-state index in [9.17, 15) is 4.79 Å². The molecular weight excluding hydrogens is 276 g/mol. The summed E-state index contributed by atoms with van der Waals surface area (Å²) in [6, 6.07) is 13.6. The highest BCUT2D eigenvalue weighted by molar-refractivity contribution is 6.00. The average Bonchev–Trinajstić information content (AvgIpc) is 2.97. The van der Waals surface area contributed by atoms with Crippen LogP contribution in [0.25, 0.3) is 22.2 Å². The van der Waals surface area contributed by atoms with E-state index >= 15 is 0 Å². The SMILES string of the molecule is C=CC(=O)Nc1cccc(-c2n[nH]c3cc(NC)ccc23)c1. The molecule has 110 valence electrons. The van der Waals surface area contributed by atoms with E-state index in [1.54, 1.807) is 0 Å². The summed E-state index contributed by atoms with van der Waals surface area (Å²) >= 11 is 0. The van der Waals surface area contributed by atoms with Crippen molar-refractivity contribution in [1.29, 1.82) is 0 Å². The van der Waals surface area contributed by atoms with Crippen LogP contribution in [0.3, 0.4) is 0 Å². The van der Waals surface area contributed by atoms with E-state index < -0.39 is 0 Å². The third-order valence-electron chi connectivity index (χ3n) is 3.44. The summed E-state index contributed by atoms with van der Waals surface area (Å²) < 4.78 is 0. The quantitative estimate of drug-likeness (QED) is 0.645. The van der Waals surface area contributed by atoms with Gasteiger partial charge in [0.15, 0.2) is 0 Å². The van der Waals surface area contributed by atoms with Crippen LogP contribution in [0, 0.1) is 0 Å². The van der Waals surface area contributed by atoms with Gasteiger partial charge < -0.3 is 10.6 Å². The Hall–Kier alpha value is -3.08. The van der Waals surface area contributed by atoms with Gasteiger partial charge in [-0.05, 0) is 36.4 Å². The number of carbonyl (C=O) groups excluding carboxylic acids is 1. The number of nitrogens with zero attached hydrogens (tertiary/aromatic N) is 1. The first-order valence-electron chi connectivity index (χ1n) is 6.91. The predicted molar refractivity (Wildman–Crippen MR) is 89.9 cm³/mol. The average molecular weight is 292 g/mol. The maximum atomic E-state index is 11.4.